The predicted octanol–water partition coefficient (Wildman–Crippen LogP) is 9.80. The number of carbonyl (C=O) groups excluding carboxylic acids is 3. The van der Waals surface area contributed by atoms with Gasteiger partial charge >= 0.3 is 5.97 Å². The molecule has 3 aromatic heterocycles. The molecule has 326 valence electrons. The molecule has 5 heterocycles. The number of fused-ring (bicyclic) bond motifs is 3. The summed E-state index contributed by atoms with van der Waals surface area (Å²) in [5, 5.41) is 7.58. The van der Waals surface area contributed by atoms with Crippen LogP contribution in [0.1, 0.15) is 102 Å². The molecular weight excluding hydrogens is 832 g/mol. The van der Waals surface area contributed by atoms with Crippen LogP contribution in [0.3, 0.4) is 0 Å². The summed E-state index contributed by atoms with van der Waals surface area (Å²) >= 11 is 2.93. The van der Waals surface area contributed by atoms with Gasteiger partial charge in [-0.1, -0.05) is 31.1 Å². The molecule has 6 atom stereocenters. The first-order valence-electron chi connectivity index (χ1n) is 21.8. The maximum atomic E-state index is 14.9. The second-order valence-corrected chi connectivity index (χ2v) is 22.1. The first-order chi connectivity index (χ1) is 29.4. The highest BCUT2D eigenvalue weighted by Crippen LogP contribution is 2.74. The second kappa shape index (κ2) is 18.7. The van der Waals surface area contributed by atoms with Crippen molar-refractivity contribution in [1.29, 1.82) is 0 Å². The van der Waals surface area contributed by atoms with E-state index in [1.165, 1.54) is 22.7 Å². The average molecular weight is 889 g/mol. The molecule has 1 aromatic carbocycles. The quantitative estimate of drug-likeness (QED) is 0.0793. The molecule has 2 aliphatic carbocycles. The van der Waals surface area contributed by atoms with Gasteiger partial charge in [-0.2, -0.15) is 0 Å². The van der Waals surface area contributed by atoms with Crippen molar-refractivity contribution in [1.82, 2.24) is 14.9 Å². The maximum Gasteiger partial charge on any atom is 0.306 e. The Morgan fingerprint density at radius 1 is 1.03 bits per heavy atom. The molecule has 1 saturated heterocycles. The third-order valence-electron chi connectivity index (χ3n) is 12.8. The number of thiophene rings is 1. The zero-order valence-electron chi connectivity index (χ0n) is 35.3. The number of methoxy groups -OCH3 is 1. The van der Waals surface area contributed by atoms with Crippen molar-refractivity contribution in [2.24, 2.45) is 11.8 Å². The summed E-state index contributed by atoms with van der Waals surface area (Å²) in [6.07, 6.45) is 11.3. The van der Waals surface area contributed by atoms with Gasteiger partial charge in [0.15, 0.2) is 10.9 Å². The number of hydrogen-bond donors (Lipinski definition) is 2. The van der Waals surface area contributed by atoms with Crippen molar-refractivity contribution >= 4 is 63.7 Å². The van der Waals surface area contributed by atoms with Crippen LogP contribution in [0, 0.1) is 11.8 Å². The van der Waals surface area contributed by atoms with Gasteiger partial charge in [-0.15, -0.1) is 22.7 Å². The fourth-order valence-corrected chi connectivity index (χ4v) is 13.9. The molecule has 0 radical (unpaired) electrons. The molecule has 4 aromatic rings. The minimum absolute atomic E-state index is 0.00274. The Labute approximate surface area is 365 Å². The highest BCUT2D eigenvalue weighted by atomic mass is 32.1. The highest BCUT2D eigenvalue weighted by Gasteiger charge is 2.65. The lowest BCUT2D eigenvalue weighted by Crippen LogP contribution is -2.45. The van der Waals surface area contributed by atoms with Crippen LogP contribution in [0.5, 0.6) is 11.5 Å². The highest BCUT2D eigenvalue weighted by molar-refractivity contribution is 7.59. The Kier molecular flexibility index (Phi) is 13.4. The van der Waals surface area contributed by atoms with Gasteiger partial charge in [0.2, 0.25) is 13.3 Å². The number of Topliss-reactive ketones (excluding diaryl/α,β-unsaturated/α-hetero) is 1. The fourth-order valence-electron chi connectivity index (χ4n) is 9.42. The molecule has 4 aliphatic rings. The number of carbonyl (C=O) groups is 3. The predicted molar refractivity (Wildman–Crippen MR) is 240 cm³/mol. The Morgan fingerprint density at radius 2 is 1.85 bits per heavy atom. The maximum absolute atomic E-state index is 14.9. The van der Waals surface area contributed by atoms with Gasteiger partial charge < -0.3 is 29.3 Å². The number of ether oxygens (including phenoxy) is 3. The summed E-state index contributed by atoms with van der Waals surface area (Å²) in [7, 11) is -2.29. The average Bonchev–Trinajstić information content (AvgIpc) is 3.86. The largest absolute Gasteiger partial charge is 0.497 e. The van der Waals surface area contributed by atoms with Crippen molar-refractivity contribution in [3.8, 4) is 22.9 Å². The van der Waals surface area contributed by atoms with Gasteiger partial charge in [-0.05, 0) is 94.7 Å². The second-order valence-electron chi connectivity index (χ2n) is 17.6. The molecule has 3 fully saturated rings. The van der Waals surface area contributed by atoms with E-state index >= 15 is 0 Å². The number of nitrogens with one attached hydrogen (secondary N) is 1. The van der Waals surface area contributed by atoms with E-state index in [0.29, 0.717) is 41.2 Å². The van der Waals surface area contributed by atoms with Gasteiger partial charge in [0.05, 0.1) is 48.6 Å². The molecular formula is C46H57N4O8PS2. The molecule has 15 heteroatoms. The Morgan fingerprint density at radius 3 is 2.62 bits per heavy atom. The number of esters is 1. The number of nitrogens with zero attached hydrogens (tertiary/aromatic N) is 3. The molecule has 2 aliphatic heterocycles. The van der Waals surface area contributed by atoms with Crippen LogP contribution < -0.4 is 14.8 Å². The summed E-state index contributed by atoms with van der Waals surface area (Å²) in [5.41, 5.74) is 1.91. The SMILES string of the molecule is COc1ccc2c(O[C@@H]3C[C@H]4C(=O)C[C@]5(P(=O)(O)Cc6cccs6)C[C@H]5/C=C\CCCCC[C@H](CC(=O)OC5CCCC5)C(=O)N4C3)cc(-c3csc(NC(C)C)n3)nc2c1. The third kappa shape index (κ3) is 9.93. The van der Waals surface area contributed by atoms with Gasteiger partial charge in [0.25, 0.3) is 0 Å². The number of pyridine rings is 1. The first-order valence-corrected chi connectivity index (χ1v) is 25.4. The lowest BCUT2D eigenvalue weighted by atomic mass is 9.94. The van der Waals surface area contributed by atoms with E-state index in [4.69, 9.17) is 24.2 Å². The summed E-state index contributed by atoms with van der Waals surface area (Å²) in [6.45, 7) is 4.22. The number of allylic oxidation sites excluding steroid dienone is 2. The Balaban J connectivity index is 1.13. The monoisotopic (exact) mass is 888 g/mol. The van der Waals surface area contributed by atoms with Crippen LogP contribution in [0.15, 0.2) is 59.3 Å². The smallest absolute Gasteiger partial charge is 0.306 e. The van der Waals surface area contributed by atoms with E-state index in [1.807, 2.05) is 53.2 Å². The van der Waals surface area contributed by atoms with Gasteiger partial charge in [-0.3, -0.25) is 18.9 Å². The van der Waals surface area contributed by atoms with Crippen molar-refractivity contribution in [2.75, 3.05) is 19.0 Å². The molecule has 1 amide bonds. The number of anilines is 1. The molecule has 1 unspecified atom stereocenters. The topological polar surface area (TPSA) is 157 Å². The number of rotatable bonds is 12. The standard InChI is InChI=1S/C46H57N4O8PS2/c1-29(2)47-45-49-39(28-61-45)38-23-42(36-18-17-33(56-3)21-37(36)48-38)57-34-22-40-41(51)25-46(59(54,55)27-35-16-11-19-60-35)24-31(46)13-8-6-4-5-7-12-30(44(53)50(40)26-34)20-43(52)58-32-14-9-10-15-32/h8,11,13,16-19,21,23,28-32,34,40H,4-7,9-10,12,14-15,20,22,24-27H2,1-3H3,(H,47,49)(H,54,55)/b13-8-/t30-,31-,34-,40+,46-/m1/s1. The number of hydrogen-bond acceptors (Lipinski definition) is 12. The molecule has 2 N–H and O–H groups in total. The summed E-state index contributed by atoms with van der Waals surface area (Å²) < 4.78 is 32.8. The van der Waals surface area contributed by atoms with E-state index in [1.54, 1.807) is 12.0 Å². The van der Waals surface area contributed by atoms with Crippen LogP contribution >= 0.6 is 30.0 Å². The van der Waals surface area contributed by atoms with E-state index in [2.05, 4.69) is 25.2 Å². The van der Waals surface area contributed by atoms with Crippen molar-refractivity contribution in [2.45, 2.75) is 133 Å². The van der Waals surface area contributed by atoms with Crippen molar-refractivity contribution < 1.29 is 38.1 Å². The molecule has 0 spiro atoms. The molecule has 12 nitrogen and oxygen atoms in total. The van der Waals surface area contributed by atoms with Gasteiger partial charge in [0, 0.05) is 52.6 Å². The van der Waals surface area contributed by atoms with Crippen LogP contribution in [-0.4, -0.2) is 80.5 Å². The molecule has 0 bridgehead atoms. The van der Waals surface area contributed by atoms with Crippen LogP contribution in [-0.2, 0) is 29.8 Å². The summed E-state index contributed by atoms with van der Waals surface area (Å²) in [5.74, 6) is -0.636. The van der Waals surface area contributed by atoms with E-state index < -0.39 is 30.6 Å². The number of benzene rings is 1. The number of thiazole rings is 1. The molecule has 2 saturated carbocycles. The Bertz CT molecular complexity index is 2290. The molecule has 8 rings (SSSR count). The fraction of sp³-hybridized carbons (Fsp3) is 0.543. The van der Waals surface area contributed by atoms with Crippen LogP contribution in [0.2, 0.25) is 0 Å². The number of aromatic nitrogens is 2. The van der Waals surface area contributed by atoms with Gasteiger partial charge in [-0.25, -0.2) is 9.97 Å². The van der Waals surface area contributed by atoms with Crippen molar-refractivity contribution in [3.63, 3.8) is 0 Å². The third-order valence-corrected chi connectivity index (χ3v) is 17.5. The summed E-state index contributed by atoms with van der Waals surface area (Å²) in [4.78, 5) is 67.3. The normalized spacial score (nSPS) is 26.5. The summed E-state index contributed by atoms with van der Waals surface area (Å²) in [6, 6.07) is 10.5. The molecule has 61 heavy (non-hydrogen) atoms. The minimum Gasteiger partial charge on any atom is -0.497 e. The lowest BCUT2D eigenvalue weighted by Gasteiger charge is -2.30. The van der Waals surface area contributed by atoms with E-state index in [9.17, 15) is 23.8 Å². The van der Waals surface area contributed by atoms with E-state index in [-0.39, 0.29) is 67.7 Å². The zero-order chi connectivity index (χ0) is 42.7. The van der Waals surface area contributed by atoms with Crippen LogP contribution in [0.25, 0.3) is 22.3 Å². The number of ketones is 1. The van der Waals surface area contributed by atoms with Crippen LogP contribution in [0.4, 0.5) is 5.13 Å². The lowest BCUT2D eigenvalue weighted by molar-refractivity contribution is -0.154. The zero-order valence-corrected chi connectivity index (χ0v) is 37.8. The van der Waals surface area contributed by atoms with Gasteiger partial charge in [0.1, 0.15) is 29.4 Å². The van der Waals surface area contributed by atoms with E-state index in [0.717, 1.165) is 66.8 Å². The number of amides is 1. The Hall–Kier alpha value is -4.10. The first kappa shape index (κ1) is 43.5. The minimum atomic E-state index is -3.89. The van der Waals surface area contributed by atoms with Crippen molar-refractivity contribution in [3.05, 3.63) is 64.2 Å².